The van der Waals surface area contributed by atoms with Gasteiger partial charge >= 0.3 is 0 Å². The number of aromatic nitrogens is 2. The van der Waals surface area contributed by atoms with Crippen molar-refractivity contribution in [1.29, 1.82) is 0 Å². The van der Waals surface area contributed by atoms with E-state index < -0.39 is 0 Å². The highest BCUT2D eigenvalue weighted by Gasteiger charge is 2.19. The molecule has 1 saturated heterocycles. The van der Waals surface area contributed by atoms with Gasteiger partial charge in [0.25, 0.3) is 5.91 Å². The lowest BCUT2D eigenvalue weighted by Gasteiger charge is -2.26. The SMILES string of the molecule is O=C(c1cnc(Nc2ccc(Cl)cc2Cl)cn1)N1CCCCC1. The minimum absolute atomic E-state index is 0.0618. The van der Waals surface area contributed by atoms with Crippen LogP contribution in [0.25, 0.3) is 0 Å². The monoisotopic (exact) mass is 350 g/mol. The number of rotatable bonds is 3. The van der Waals surface area contributed by atoms with E-state index in [1.807, 2.05) is 4.90 Å². The van der Waals surface area contributed by atoms with Gasteiger partial charge in [-0.15, -0.1) is 0 Å². The number of benzene rings is 1. The molecule has 5 nitrogen and oxygen atoms in total. The Morgan fingerprint density at radius 1 is 1.09 bits per heavy atom. The number of carbonyl (C=O) groups excluding carboxylic acids is 1. The van der Waals surface area contributed by atoms with E-state index in [2.05, 4.69) is 15.3 Å². The molecule has 1 fully saturated rings. The number of hydrogen-bond donors (Lipinski definition) is 1. The van der Waals surface area contributed by atoms with Crippen LogP contribution in [-0.4, -0.2) is 33.9 Å². The molecule has 0 unspecified atom stereocenters. The number of hydrogen-bond acceptors (Lipinski definition) is 4. The molecule has 0 bridgehead atoms. The minimum atomic E-state index is -0.0618. The highest BCUT2D eigenvalue weighted by atomic mass is 35.5. The molecular weight excluding hydrogens is 335 g/mol. The minimum Gasteiger partial charge on any atom is -0.338 e. The zero-order chi connectivity index (χ0) is 16.2. The fourth-order valence-electron chi connectivity index (χ4n) is 2.49. The number of nitrogens with one attached hydrogen (secondary N) is 1. The van der Waals surface area contributed by atoms with Gasteiger partial charge in [0.2, 0.25) is 0 Å². The molecule has 0 spiro atoms. The van der Waals surface area contributed by atoms with Crippen molar-refractivity contribution in [2.75, 3.05) is 18.4 Å². The Hall–Kier alpha value is -1.85. The molecule has 2 aromatic rings. The number of carbonyl (C=O) groups is 1. The van der Waals surface area contributed by atoms with Gasteiger partial charge in [0.05, 0.1) is 23.1 Å². The van der Waals surface area contributed by atoms with Crippen molar-refractivity contribution < 1.29 is 4.79 Å². The molecule has 1 amide bonds. The van der Waals surface area contributed by atoms with Gasteiger partial charge in [0.15, 0.2) is 0 Å². The van der Waals surface area contributed by atoms with Crippen LogP contribution in [0.15, 0.2) is 30.6 Å². The van der Waals surface area contributed by atoms with E-state index in [1.165, 1.54) is 18.8 Å². The first-order valence-electron chi connectivity index (χ1n) is 7.47. The van der Waals surface area contributed by atoms with Crippen molar-refractivity contribution in [2.45, 2.75) is 19.3 Å². The summed E-state index contributed by atoms with van der Waals surface area (Å²) in [6, 6.07) is 5.14. The fourth-order valence-corrected chi connectivity index (χ4v) is 2.95. The number of likely N-dealkylation sites (tertiary alicyclic amines) is 1. The van der Waals surface area contributed by atoms with E-state index in [0.29, 0.717) is 27.2 Å². The van der Waals surface area contributed by atoms with Gasteiger partial charge in [0.1, 0.15) is 11.5 Å². The van der Waals surface area contributed by atoms with Gasteiger partial charge in [-0.3, -0.25) is 4.79 Å². The van der Waals surface area contributed by atoms with Gasteiger partial charge in [-0.25, -0.2) is 9.97 Å². The highest BCUT2D eigenvalue weighted by molar-refractivity contribution is 6.36. The van der Waals surface area contributed by atoms with Gasteiger partial charge < -0.3 is 10.2 Å². The molecule has 3 rings (SSSR count). The summed E-state index contributed by atoms with van der Waals surface area (Å²) < 4.78 is 0. The summed E-state index contributed by atoms with van der Waals surface area (Å²) in [7, 11) is 0. The maximum absolute atomic E-state index is 12.3. The van der Waals surface area contributed by atoms with Crippen molar-refractivity contribution in [3.8, 4) is 0 Å². The first kappa shape index (κ1) is 16.0. The van der Waals surface area contributed by atoms with Crippen molar-refractivity contribution in [1.82, 2.24) is 14.9 Å². The van der Waals surface area contributed by atoms with Crippen LogP contribution in [0.2, 0.25) is 10.0 Å². The third-order valence-electron chi connectivity index (χ3n) is 3.71. The van der Waals surface area contributed by atoms with Crippen LogP contribution in [-0.2, 0) is 0 Å². The Balaban J connectivity index is 1.70. The lowest BCUT2D eigenvalue weighted by molar-refractivity contribution is 0.0718. The molecular formula is C16H16Cl2N4O. The van der Waals surface area contributed by atoms with Crippen LogP contribution >= 0.6 is 23.2 Å². The molecule has 23 heavy (non-hydrogen) atoms. The molecule has 1 aromatic heterocycles. The summed E-state index contributed by atoms with van der Waals surface area (Å²) in [4.78, 5) is 22.6. The average Bonchev–Trinajstić information content (AvgIpc) is 2.58. The van der Waals surface area contributed by atoms with Crippen LogP contribution < -0.4 is 5.32 Å². The Labute approximate surface area is 144 Å². The second-order valence-corrected chi connectivity index (χ2v) is 6.23. The number of nitrogens with zero attached hydrogens (tertiary/aromatic N) is 3. The summed E-state index contributed by atoms with van der Waals surface area (Å²) in [5.41, 5.74) is 1.04. The molecule has 7 heteroatoms. The van der Waals surface area contributed by atoms with Crippen LogP contribution in [0, 0.1) is 0 Å². The molecule has 0 aliphatic carbocycles. The van der Waals surface area contributed by atoms with Gasteiger partial charge in [-0.05, 0) is 37.5 Å². The molecule has 120 valence electrons. The van der Waals surface area contributed by atoms with Crippen LogP contribution in [0.3, 0.4) is 0 Å². The second kappa shape index (κ2) is 7.15. The Bertz CT molecular complexity index is 700. The van der Waals surface area contributed by atoms with Gasteiger partial charge in [-0.2, -0.15) is 0 Å². The van der Waals surface area contributed by atoms with E-state index in [0.717, 1.165) is 25.9 Å². The largest absolute Gasteiger partial charge is 0.338 e. The lowest BCUT2D eigenvalue weighted by atomic mass is 10.1. The molecule has 0 atom stereocenters. The van der Waals surface area contributed by atoms with Crippen LogP contribution in [0.4, 0.5) is 11.5 Å². The van der Waals surface area contributed by atoms with Crippen LogP contribution in [0.5, 0.6) is 0 Å². The zero-order valence-corrected chi connectivity index (χ0v) is 13.9. The van der Waals surface area contributed by atoms with Crippen molar-refractivity contribution >= 4 is 40.6 Å². The smallest absolute Gasteiger partial charge is 0.274 e. The van der Waals surface area contributed by atoms with Gasteiger partial charge in [0, 0.05) is 18.1 Å². The fraction of sp³-hybridized carbons (Fsp3) is 0.312. The highest BCUT2D eigenvalue weighted by Crippen LogP contribution is 2.27. The Morgan fingerprint density at radius 3 is 2.52 bits per heavy atom. The van der Waals surface area contributed by atoms with Crippen molar-refractivity contribution in [3.63, 3.8) is 0 Å². The Morgan fingerprint density at radius 2 is 1.87 bits per heavy atom. The standard InChI is InChI=1S/C16H16Cl2N4O/c17-11-4-5-13(12(18)8-11)21-15-10-19-14(9-20-15)16(23)22-6-2-1-3-7-22/h4-5,8-10H,1-3,6-7H2,(H,20,21). The predicted octanol–water partition coefficient (Wildman–Crippen LogP) is 4.15. The topological polar surface area (TPSA) is 58.1 Å². The molecule has 1 N–H and O–H groups in total. The number of halogens is 2. The molecule has 0 saturated carbocycles. The molecule has 1 aliphatic rings. The third kappa shape index (κ3) is 3.92. The van der Waals surface area contributed by atoms with Crippen LogP contribution in [0.1, 0.15) is 29.8 Å². The Kier molecular flexibility index (Phi) is 4.98. The van der Waals surface area contributed by atoms with E-state index in [4.69, 9.17) is 23.2 Å². The summed E-state index contributed by atoms with van der Waals surface area (Å²) in [5, 5.41) is 4.11. The van der Waals surface area contributed by atoms with E-state index >= 15 is 0 Å². The molecule has 1 aromatic carbocycles. The quantitative estimate of drug-likeness (QED) is 0.902. The zero-order valence-electron chi connectivity index (χ0n) is 12.4. The molecule has 2 heterocycles. The second-order valence-electron chi connectivity index (χ2n) is 5.39. The first-order valence-corrected chi connectivity index (χ1v) is 8.22. The van der Waals surface area contributed by atoms with E-state index in [1.54, 1.807) is 18.2 Å². The van der Waals surface area contributed by atoms with Gasteiger partial charge in [-0.1, -0.05) is 23.2 Å². The van der Waals surface area contributed by atoms with Crippen molar-refractivity contribution in [3.05, 3.63) is 46.3 Å². The average molecular weight is 351 g/mol. The molecule has 0 radical (unpaired) electrons. The maximum Gasteiger partial charge on any atom is 0.274 e. The third-order valence-corrected chi connectivity index (χ3v) is 4.26. The lowest BCUT2D eigenvalue weighted by Crippen LogP contribution is -2.36. The number of anilines is 2. The summed E-state index contributed by atoms with van der Waals surface area (Å²) in [5.74, 6) is 0.456. The predicted molar refractivity (Wildman–Crippen MR) is 91.5 cm³/mol. The normalized spacial score (nSPS) is 14.6. The summed E-state index contributed by atoms with van der Waals surface area (Å²) in [6.07, 6.45) is 6.30. The molecule has 1 aliphatic heterocycles. The first-order chi connectivity index (χ1) is 11.1. The maximum atomic E-state index is 12.3. The van der Waals surface area contributed by atoms with E-state index in [9.17, 15) is 4.79 Å². The summed E-state index contributed by atoms with van der Waals surface area (Å²) in [6.45, 7) is 1.59. The van der Waals surface area contributed by atoms with Crippen molar-refractivity contribution in [2.24, 2.45) is 0 Å². The number of amides is 1. The summed E-state index contributed by atoms with van der Waals surface area (Å²) >= 11 is 12.0. The van der Waals surface area contributed by atoms with E-state index in [-0.39, 0.29) is 5.91 Å². The number of piperidine rings is 1.